The summed E-state index contributed by atoms with van der Waals surface area (Å²) < 4.78 is 23.1. The molecular weight excluding hydrogens is 365 g/mol. The number of ether oxygens (including phenoxy) is 1. The topological polar surface area (TPSA) is 49.0 Å². The minimum absolute atomic E-state index is 0.00521. The Kier molecular flexibility index (Phi) is 3.50. The fourth-order valence-corrected chi connectivity index (χ4v) is 3.63. The third-order valence-electron chi connectivity index (χ3n) is 4.46. The van der Waals surface area contributed by atoms with Crippen molar-refractivity contribution in [3.05, 3.63) is 39.1 Å². The number of hydrogen-bond donors (Lipinski definition) is 0. The Morgan fingerprint density at radius 2 is 2.26 bits per heavy atom. The summed E-state index contributed by atoms with van der Waals surface area (Å²) in [5.41, 5.74) is 1.98. The van der Waals surface area contributed by atoms with E-state index in [0.717, 1.165) is 35.9 Å². The second-order valence-corrected chi connectivity index (χ2v) is 6.71. The van der Waals surface area contributed by atoms with E-state index in [4.69, 9.17) is 4.74 Å². The van der Waals surface area contributed by atoms with E-state index in [-0.39, 0.29) is 17.5 Å². The lowest BCUT2D eigenvalue weighted by Crippen LogP contribution is -2.31. The van der Waals surface area contributed by atoms with Crippen LogP contribution in [0, 0.1) is 5.82 Å². The van der Waals surface area contributed by atoms with Crippen LogP contribution in [0.15, 0.2) is 27.6 Å². The van der Waals surface area contributed by atoms with Crippen molar-refractivity contribution < 1.29 is 9.13 Å². The summed E-state index contributed by atoms with van der Waals surface area (Å²) in [5.74, 6) is -0.366. The second-order valence-electron chi connectivity index (χ2n) is 5.86. The molecule has 0 bridgehead atoms. The van der Waals surface area contributed by atoms with Gasteiger partial charge in [-0.1, -0.05) is 0 Å². The fourth-order valence-electron chi connectivity index (χ4n) is 3.29. The first-order valence-electron chi connectivity index (χ1n) is 7.50. The molecule has 3 heterocycles. The van der Waals surface area contributed by atoms with E-state index in [1.165, 1.54) is 6.07 Å². The number of aromatic nitrogens is 3. The zero-order valence-corrected chi connectivity index (χ0v) is 14.1. The molecule has 0 radical (unpaired) electrons. The molecule has 23 heavy (non-hydrogen) atoms. The Bertz CT molecular complexity index is 973. The quantitative estimate of drug-likeness (QED) is 0.652. The number of fused-ring (bicyclic) bond motifs is 3. The minimum atomic E-state index is -0.366. The van der Waals surface area contributed by atoms with E-state index in [1.54, 1.807) is 28.4 Å². The first-order valence-corrected chi connectivity index (χ1v) is 8.29. The SMILES string of the molecule is Cn1c(=O)n([C@H]2CCCOC2)c2c3cc(Br)c(F)cc3ncc21. The number of aryl methyl sites for hydroxylation is 1. The van der Waals surface area contributed by atoms with Gasteiger partial charge in [-0.2, -0.15) is 0 Å². The molecule has 1 aliphatic heterocycles. The zero-order valence-electron chi connectivity index (χ0n) is 12.6. The van der Waals surface area contributed by atoms with Gasteiger partial charge in [-0.3, -0.25) is 14.1 Å². The van der Waals surface area contributed by atoms with Crippen LogP contribution in [0.2, 0.25) is 0 Å². The van der Waals surface area contributed by atoms with Crippen LogP contribution in [0.4, 0.5) is 4.39 Å². The molecule has 3 aromatic rings. The second kappa shape index (κ2) is 5.42. The highest BCUT2D eigenvalue weighted by molar-refractivity contribution is 9.10. The smallest absolute Gasteiger partial charge is 0.329 e. The van der Waals surface area contributed by atoms with Crippen molar-refractivity contribution in [3.8, 4) is 0 Å². The van der Waals surface area contributed by atoms with Gasteiger partial charge in [0.15, 0.2) is 0 Å². The van der Waals surface area contributed by atoms with Crippen LogP contribution < -0.4 is 5.69 Å². The molecule has 1 aromatic carbocycles. The predicted octanol–water partition coefficient (Wildman–Crippen LogP) is 3.14. The molecule has 0 unspecified atom stereocenters. The van der Waals surface area contributed by atoms with Gasteiger partial charge in [0.1, 0.15) is 5.82 Å². The van der Waals surface area contributed by atoms with E-state index in [2.05, 4.69) is 20.9 Å². The lowest BCUT2D eigenvalue weighted by molar-refractivity contribution is 0.0593. The summed E-state index contributed by atoms with van der Waals surface area (Å²) in [7, 11) is 1.73. The maximum Gasteiger partial charge on any atom is 0.329 e. The van der Waals surface area contributed by atoms with Gasteiger partial charge >= 0.3 is 5.69 Å². The van der Waals surface area contributed by atoms with Crippen molar-refractivity contribution in [2.45, 2.75) is 18.9 Å². The standard InChI is InChI=1S/C16H15BrFN3O2/c1-20-14-7-19-13-6-12(18)11(17)5-10(13)15(14)21(16(20)22)9-3-2-4-23-8-9/h5-7,9H,2-4,8H2,1H3/t9-/m0/s1. The summed E-state index contributed by atoms with van der Waals surface area (Å²) >= 11 is 3.23. The monoisotopic (exact) mass is 379 g/mol. The average molecular weight is 380 g/mol. The van der Waals surface area contributed by atoms with Crippen molar-refractivity contribution in [3.63, 3.8) is 0 Å². The zero-order chi connectivity index (χ0) is 16.1. The highest BCUT2D eigenvalue weighted by Crippen LogP contribution is 2.30. The van der Waals surface area contributed by atoms with Crippen LogP contribution in [-0.2, 0) is 11.8 Å². The van der Waals surface area contributed by atoms with Crippen LogP contribution in [-0.4, -0.2) is 27.3 Å². The molecule has 1 aliphatic rings. The third-order valence-corrected chi connectivity index (χ3v) is 5.07. The molecule has 120 valence electrons. The van der Waals surface area contributed by atoms with Gasteiger partial charge in [-0.05, 0) is 34.8 Å². The molecule has 0 saturated carbocycles. The number of hydrogen-bond acceptors (Lipinski definition) is 3. The predicted molar refractivity (Wildman–Crippen MR) is 89.2 cm³/mol. The van der Waals surface area contributed by atoms with Gasteiger partial charge in [0.2, 0.25) is 0 Å². The van der Waals surface area contributed by atoms with Gasteiger partial charge in [0.25, 0.3) is 0 Å². The molecule has 1 saturated heterocycles. The number of benzene rings is 1. The summed E-state index contributed by atoms with van der Waals surface area (Å²) in [4.78, 5) is 17.0. The largest absolute Gasteiger partial charge is 0.379 e. The van der Waals surface area contributed by atoms with E-state index in [9.17, 15) is 9.18 Å². The summed E-state index contributed by atoms with van der Waals surface area (Å²) in [6.07, 6.45) is 3.45. The molecule has 7 heteroatoms. The number of halogens is 2. The fraction of sp³-hybridized carbons (Fsp3) is 0.375. The Morgan fingerprint density at radius 3 is 3.00 bits per heavy atom. The summed E-state index contributed by atoms with van der Waals surface area (Å²) in [6.45, 7) is 1.25. The minimum Gasteiger partial charge on any atom is -0.379 e. The first-order chi connectivity index (χ1) is 11.1. The molecule has 5 nitrogen and oxygen atoms in total. The normalized spacial score (nSPS) is 18.8. The van der Waals surface area contributed by atoms with E-state index in [1.807, 2.05) is 0 Å². The number of rotatable bonds is 1. The van der Waals surface area contributed by atoms with Crippen LogP contribution in [0.3, 0.4) is 0 Å². The number of nitrogens with zero attached hydrogens (tertiary/aromatic N) is 3. The van der Waals surface area contributed by atoms with Crippen molar-refractivity contribution in [2.24, 2.45) is 7.05 Å². The molecule has 0 N–H and O–H groups in total. The first kappa shape index (κ1) is 14.8. The molecular formula is C16H15BrFN3O2. The maximum atomic E-state index is 13.8. The molecule has 0 amide bonds. The van der Waals surface area contributed by atoms with Gasteiger partial charge in [0, 0.05) is 25.1 Å². The molecule has 1 fully saturated rings. The average Bonchev–Trinajstić information content (AvgIpc) is 2.81. The van der Waals surface area contributed by atoms with Crippen molar-refractivity contribution in [2.75, 3.05) is 13.2 Å². The van der Waals surface area contributed by atoms with E-state index >= 15 is 0 Å². The Balaban J connectivity index is 2.11. The van der Waals surface area contributed by atoms with Crippen molar-refractivity contribution in [1.29, 1.82) is 0 Å². The van der Waals surface area contributed by atoms with Gasteiger partial charge in [0.05, 0.1) is 39.9 Å². The van der Waals surface area contributed by atoms with E-state index < -0.39 is 0 Å². The number of pyridine rings is 1. The Labute approximate surface area is 139 Å². The molecule has 4 rings (SSSR count). The van der Waals surface area contributed by atoms with Crippen LogP contribution >= 0.6 is 15.9 Å². The van der Waals surface area contributed by atoms with Gasteiger partial charge < -0.3 is 4.74 Å². The lowest BCUT2D eigenvalue weighted by atomic mass is 10.1. The molecule has 2 aromatic heterocycles. The summed E-state index contributed by atoms with van der Waals surface area (Å²) in [5, 5.41) is 0.763. The molecule has 1 atom stereocenters. The lowest BCUT2D eigenvalue weighted by Gasteiger charge is -2.23. The maximum absolute atomic E-state index is 13.8. The van der Waals surface area contributed by atoms with Crippen LogP contribution in [0.1, 0.15) is 18.9 Å². The van der Waals surface area contributed by atoms with Crippen LogP contribution in [0.25, 0.3) is 21.9 Å². The van der Waals surface area contributed by atoms with Gasteiger partial charge in [-0.25, -0.2) is 9.18 Å². The number of imidazole rings is 1. The Hall–Kier alpha value is -1.73. The molecule has 0 aliphatic carbocycles. The third kappa shape index (κ3) is 2.21. The Morgan fingerprint density at radius 1 is 1.43 bits per heavy atom. The van der Waals surface area contributed by atoms with Crippen molar-refractivity contribution >= 4 is 37.9 Å². The van der Waals surface area contributed by atoms with E-state index in [0.29, 0.717) is 16.6 Å². The van der Waals surface area contributed by atoms with Crippen molar-refractivity contribution in [1.82, 2.24) is 14.1 Å². The molecule has 0 spiro atoms. The van der Waals surface area contributed by atoms with Gasteiger partial charge in [-0.15, -0.1) is 0 Å². The highest BCUT2D eigenvalue weighted by Gasteiger charge is 2.24. The van der Waals surface area contributed by atoms with Crippen LogP contribution in [0.5, 0.6) is 0 Å². The summed E-state index contributed by atoms with van der Waals surface area (Å²) in [6, 6.07) is 3.08. The highest BCUT2D eigenvalue weighted by atomic mass is 79.9.